The molecule has 3 aromatic rings. The highest BCUT2D eigenvalue weighted by Gasteiger charge is 2.20. The summed E-state index contributed by atoms with van der Waals surface area (Å²) in [6.45, 7) is 3.91. The lowest BCUT2D eigenvalue weighted by Crippen LogP contribution is -2.13. The number of rotatable bonds is 7. The molecule has 0 radical (unpaired) electrons. The molecule has 0 saturated heterocycles. The van der Waals surface area contributed by atoms with Gasteiger partial charge in [-0.05, 0) is 24.3 Å². The number of nitro groups is 1. The van der Waals surface area contributed by atoms with Crippen molar-refractivity contribution in [1.82, 2.24) is 10.2 Å². The number of nitriles is 1. The van der Waals surface area contributed by atoms with Gasteiger partial charge in [0.15, 0.2) is 0 Å². The van der Waals surface area contributed by atoms with Gasteiger partial charge in [0.2, 0.25) is 5.13 Å². The smallest absolute Gasteiger partial charge is 0.284 e. The fourth-order valence-electron chi connectivity index (χ4n) is 2.55. The molecule has 0 atom stereocenters. The number of nitrogens with one attached hydrogen (secondary N) is 1. The third kappa shape index (κ3) is 4.93. The van der Waals surface area contributed by atoms with E-state index in [0.717, 1.165) is 5.01 Å². The monoisotopic (exact) mass is 439 g/mol. The van der Waals surface area contributed by atoms with Crippen LogP contribution in [-0.2, 0) is 4.79 Å². The summed E-state index contributed by atoms with van der Waals surface area (Å²) in [4.78, 5) is 23.3. The summed E-state index contributed by atoms with van der Waals surface area (Å²) in [6, 6.07) is 9.21. The van der Waals surface area contributed by atoms with Gasteiger partial charge in [-0.15, -0.1) is 10.2 Å². The number of carbonyl (C=O) groups is 1. The Hall–Kier alpha value is -4.04. The average Bonchev–Trinajstić information content (AvgIpc) is 3.41. The van der Waals surface area contributed by atoms with Crippen molar-refractivity contribution >= 4 is 34.1 Å². The van der Waals surface area contributed by atoms with Gasteiger partial charge in [0, 0.05) is 12.0 Å². The van der Waals surface area contributed by atoms with Gasteiger partial charge in [-0.1, -0.05) is 25.2 Å². The SMILES string of the molecule is COc1ccc(-c2ccc(C=C(C#N)C(=O)Nc3nnc(C(C)C)s3)o2)c([N+](=O)[O-])c1. The molecule has 1 aromatic carbocycles. The summed E-state index contributed by atoms with van der Waals surface area (Å²) in [5.74, 6) is 0.235. The van der Waals surface area contributed by atoms with Gasteiger partial charge >= 0.3 is 0 Å². The first kappa shape index (κ1) is 21.7. The Balaban J connectivity index is 1.84. The van der Waals surface area contributed by atoms with E-state index in [1.807, 2.05) is 19.9 Å². The number of hydrogen-bond acceptors (Lipinski definition) is 9. The zero-order chi connectivity index (χ0) is 22.5. The number of furan rings is 1. The van der Waals surface area contributed by atoms with Crippen molar-refractivity contribution in [3.05, 3.63) is 56.8 Å². The number of amides is 1. The normalized spacial score (nSPS) is 11.3. The molecule has 2 aromatic heterocycles. The first-order valence-electron chi connectivity index (χ1n) is 9.01. The molecular formula is C20H17N5O5S. The minimum Gasteiger partial charge on any atom is -0.497 e. The van der Waals surface area contributed by atoms with Gasteiger partial charge in [-0.2, -0.15) is 5.26 Å². The lowest BCUT2D eigenvalue weighted by molar-refractivity contribution is -0.384. The molecule has 0 aliphatic heterocycles. The summed E-state index contributed by atoms with van der Waals surface area (Å²) in [5.41, 5.74) is -0.172. The Morgan fingerprint density at radius 3 is 2.74 bits per heavy atom. The van der Waals surface area contributed by atoms with E-state index in [2.05, 4.69) is 15.5 Å². The summed E-state index contributed by atoms with van der Waals surface area (Å²) in [5, 5.41) is 32.2. The van der Waals surface area contributed by atoms with Crippen LogP contribution in [0, 0.1) is 21.4 Å². The topological polar surface area (TPSA) is 144 Å². The third-order valence-corrected chi connectivity index (χ3v) is 5.24. The predicted molar refractivity (Wildman–Crippen MR) is 114 cm³/mol. The molecule has 0 aliphatic carbocycles. The summed E-state index contributed by atoms with van der Waals surface area (Å²) in [7, 11) is 1.41. The number of hydrogen-bond donors (Lipinski definition) is 1. The summed E-state index contributed by atoms with van der Waals surface area (Å²) in [6.07, 6.45) is 1.25. The molecule has 0 spiro atoms. The lowest BCUT2D eigenvalue weighted by Gasteiger charge is -2.03. The molecule has 0 unspecified atom stereocenters. The highest BCUT2D eigenvalue weighted by molar-refractivity contribution is 7.15. The molecule has 3 rings (SSSR count). The number of nitrogens with zero attached hydrogens (tertiary/aromatic N) is 4. The van der Waals surface area contributed by atoms with E-state index in [9.17, 15) is 20.2 Å². The van der Waals surface area contributed by atoms with Gasteiger partial charge in [0.25, 0.3) is 11.6 Å². The Morgan fingerprint density at radius 2 is 2.13 bits per heavy atom. The van der Waals surface area contributed by atoms with Crippen molar-refractivity contribution in [1.29, 1.82) is 5.26 Å². The van der Waals surface area contributed by atoms with Crippen molar-refractivity contribution < 1.29 is 18.9 Å². The van der Waals surface area contributed by atoms with Crippen LogP contribution in [0.2, 0.25) is 0 Å². The number of benzene rings is 1. The van der Waals surface area contributed by atoms with Crippen molar-refractivity contribution in [2.24, 2.45) is 0 Å². The van der Waals surface area contributed by atoms with E-state index in [-0.39, 0.29) is 39.4 Å². The molecule has 0 fully saturated rings. The quantitative estimate of drug-likeness (QED) is 0.247. The average molecular weight is 439 g/mol. The highest BCUT2D eigenvalue weighted by atomic mass is 32.1. The second kappa shape index (κ2) is 9.19. The number of ether oxygens (including phenoxy) is 1. The van der Waals surface area contributed by atoms with Crippen molar-refractivity contribution in [2.45, 2.75) is 19.8 Å². The van der Waals surface area contributed by atoms with E-state index >= 15 is 0 Å². The minimum atomic E-state index is -0.665. The minimum absolute atomic E-state index is 0.165. The van der Waals surface area contributed by atoms with Crippen LogP contribution in [0.5, 0.6) is 5.75 Å². The fourth-order valence-corrected chi connectivity index (χ4v) is 3.29. The van der Waals surface area contributed by atoms with Crippen LogP contribution in [0.4, 0.5) is 10.8 Å². The maximum Gasteiger partial charge on any atom is 0.284 e. The van der Waals surface area contributed by atoms with Gasteiger partial charge in [0.1, 0.15) is 33.9 Å². The first-order chi connectivity index (χ1) is 14.8. The number of carbonyl (C=O) groups excluding carboxylic acids is 1. The Bertz CT molecular complexity index is 1200. The standard InChI is InChI=1S/C20H17N5O5S/c1-11(2)19-23-24-20(31-19)22-18(26)12(10-21)8-14-5-7-17(30-14)15-6-4-13(29-3)9-16(15)25(27)28/h4-9,11H,1-3H3,(H,22,24,26). The molecular weight excluding hydrogens is 422 g/mol. The zero-order valence-electron chi connectivity index (χ0n) is 16.8. The van der Waals surface area contributed by atoms with Gasteiger partial charge in [-0.3, -0.25) is 20.2 Å². The number of anilines is 1. The number of aromatic nitrogens is 2. The second-order valence-corrected chi connectivity index (χ2v) is 7.58. The molecule has 11 heteroatoms. The summed E-state index contributed by atoms with van der Waals surface area (Å²) >= 11 is 1.22. The first-order valence-corrected chi connectivity index (χ1v) is 9.83. The van der Waals surface area contributed by atoms with Crippen LogP contribution in [-0.4, -0.2) is 28.1 Å². The number of nitro benzene ring substituents is 1. The molecule has 0 saturated carbocycles. The molecule has 31 heavy (non-hydrogen) atoms. The third-order valence-electron chi connectivity index (χ3n) is 4.10. The largest absolute Gasteiger partial charge is 0.497 e. The van der Waals surface area contributed by atoms with Crippen LogP contribution >= 0.6 is 11.3 Å². The van der Waals surface area contributed by atoms with E-state index in [1.165, 1.54) is 48.8 Å². The van der Waals surface area contributed by atoms with E-state index in [4.69, 9.17) is 9.15 Å². The molecule has 0 bridgehead atoms. The van der Waals surface area contributed by atoms with Crippen LogP contribution in [0.25, 0.3) is 17.4 Å². The lowest BCUT2D eigenvalue weighted by atomic mass is 10.1. The molecule has 158 valence electrons. The summed E-state index contributed by atoms with van der Waals surface area (Å²) < 4.78 is 10.6. The second-order valence-electron chi connectivity index (χ2n) is 6.57. The predicted octanol–water partition coefficient (Wildman–Crippen LogP) is 4.38. The molecule has 2 heterocycles. The van der Waals surface area contributed by atoms with Gasteiger partial charge in [0.05, 0.1) is 23.7 Å². The van der Waals surface area contributed by atoms with E-state index in [1.54, 1.807) is 6.07 Å². The van der Waals surface area contributed by atoms with Crippen LogP contribution in [0.3, 0.4) is 0 Å². The molecule has 1 N–H and O–H groups in total. The van der Waals surface area contributed by atoms with Gasteiger partial charge < -0.3 is 9.15 Å². The van der Waals surface area contributed by atoms with Crippen LogP contribution < -0.4 is 10.1 Å². The Morgan fingerprint density at radius 1 is 1.35 bits per heavy atom. The Labute approximate surface area is 180 Å². The van der Waals surface area contributed by atoms with Crippen molar-refractivity contribution in [2.75, 3.05) is 12.4 Å². The van der Waals surface area contributed by atoms with Crippen molar-refractivity contribution in [3.63, 3.8) is 0 Å². The highest BCUT2D eigenvalue weighted by Crippen LogP contribution is 2.34. The van der Waals surface area contributed by atoms with Crippen LogP contribution in [0.1, 0.15) is 30.5 Å². The zero-order valence-corrected chi connectivity index (χ0v) is 17.6. The molecule has 1 amide bonds. The Kier molecular flexibility index (Phi) is 6.42. The van der Waals surface area contributed by atoms with Crippen LogP contribution in [0.15, 0.2) is 40.3 Å². The molecule has 10 nitrogen and oxygen atoms in total. The number of methoxy groups -OCH3 is 1. The van der Waals surface area contributed by atoms with E-state index in [0.29, 0.717) is 5.75 Å². The van der Waals surface area contributed by atoms with E-state index < -0.39 is 10.8 Å². The fraction of sp³-hybridized carbons (Fsp3) is 0.200. The van der Waals surface area contributed by atoms with Crippen molar-refractivity contribution in [3.8, 4) is 23.1 Å². The molecule has 0 aliphatic rings. The maximum absolute atomic E-state index is 12.4. The maximum atomic E-state index is 12.4. The van der Waals surface area contributed by atoms with Gasteiger partial charge in [-0.25, -0.2) is 0 Å².